The fraction of sp³-hybridized carbons (Fsp3) is 0.600. The Hall–Kier alpha value is -1.82. The highest BCUT2D eigenvalue weighted by molar-refractivity contribution is 5.95. The maximum Gasteiger partial charge on any atom is 0.320 e. The van der Waals surface area contributed by atoms with Gasteiger partial charge in [-0.1, -0.05) is 6.92 Å². The first-order chi connectivity index (χ1) is 9.93. The molecule has 2 heterocycles. The zero-order valence-corrected chi connectivity index (χ0v) is 12.8. The van der Waals surface area contributed by atoms with Crippen LogP contribution < -0.4 is 0 Å². The normalized spacial score (nSPS) is 17.8. The summed E-state index contributed by atoms with van der Waals surface area (Å²) in [4.78, 5) is 27.3. The zero-order valence-electron chi connectivity index (χ0n) is 12.8. The predicted octanol–water partition coefficient (Wildman–Crippen LogP) is 1.52. The Morgan fingerprint density at radius 3 is 2.33 bits per heavy atom. The summed E-state index contributed by atoms with van der Waals surface area (Å²) in [6.07, 6.45) is 0.573. The quantitative estimate of drug-likeness (QED) is 0.911. The van der Waals surface area contributed by atoms with Crippen LogP contribution in [0.4, 0.5) is 0 Å². The van der Waals surface area contributed by atoms with Gasteiger partial charge < -0.3 is 14.4 Å². The lowest BCUT2D eigenvalue weighted by Gasteiger charge is -2.37. The summed E-state index contributed by atoms with van der Waals surface area (Å²) in [6, 6.07) is 1.30. The highest BCUT2D eigenvalue weighted by atomic mass is 16.4. The van der Waals surface area contributed by atoms with Gasteiger partial charge in [-0.05, 0) is 26.3 Å². The number of carboxylic acid groups (broad SMARTS) is 1. The van der Waals surface area contributed by atoms with E-state index in [1.807, 2.05) is 18.7 Å². The molecule has 6 heteroatoms. The number of aliphatic carboxylic acids is 1. The molecule has 0 spiro atoms. The van der Waals surface area contributed by atoms with Gasteiger partial charge in [0.15, 0.2) is 0 Å². The summed E-state index contributed by atoms with van der Waals surface area (Å²) in [5, 5.41) is 9.18. The van der Waals surface area contributed by atoms with E-state index >= 15 is 0 Å². The van der Waals surface area contributed by atoms with Gasteiger partial charge in [0, 0.05) is 26.2 Å². The predicted molar refractivity (Wildman–Crippen MR) is 77.4 cm³/mol. The molecule has 116 valence electrons. The number of aryl methyl sites for hydroxylation is 2. The van der Waals surface area contributed by atoms with E-state index in [4.69, 9.17) is 4.42 Å². The molecular weight excluding hydrogens is 272 g/mol. The van der Waals surface area contributed by atoms with Crippen LogP contribution in [0.3, 0.4) is 0 Å². The molecule has 0 saturated carbocycles. The molecule has 0 radical (unpaired) electrons. The van der Waals surface area contributed by atoms with Crippen LogP contribution in [-0.4, -0.2) is 59.0 Å². The molecule has 1 aliphatic rings. The molecule has 1 aromatic rings. The van der Waals surface area contributed by atoms with E-state index in [1.165, 1.54) is 0 Å². The van der Waals surface area contributed by atoms with Crippen LogP contribution in [0.2, 0.25) is 0 Å². The third-order valence-electron chi connectivity index (χ3n) is 3.99. The Kier molecular flexibility index (Phi) is 4.67. The number of hydrogen-bond donors (Lipinski definition) is 1. The second-order valence-corrected chi connectivity index (χ2v) is 5.42. The average Bonchev–Trinajstić information content (AvgIpc) is 2.78. The first kappa shape index (κ1) is 15.6. The van der Waals surface area contributed by atoms with Gasteiger partial charge in [0.2, 0.25) is 0 Å². The van der Waals surface area contributed by atoms with Crippen molar-refractivity contribution < 1.29 is 19.1 Å². The van der Waals surface area contributed by atoms with Crippen molar-refractivity contribution in [3.8, 4) is 0 Å². The Bertz CT molecular complexity index is 530. The Morgan fingerprint density at radius 1 is 1.29 bits per heavy atom. The molecule has 0 aromatic carbocycles. The van der Waals surface area contributed by atoms with Crippen LogP contribution in [0.15, 0.2) is 10.5 Å². The first-order valence-corrected chi connectivity index (χ1v) is 7.27. The van der Waals surface area contributed by atoms with Crippen molar-refractivity contribution in [3.05, 3.63) is 23.2 Å². The molecule has 1 aliphatic heterocycles. The van der Waals surface area contributed by atoms with E-state index in [-0.39, 0.29) is 5.91 Å². The van der Waals surface area contributed by atoms with Crippen LogP contribution in [0.5, 0.6) is 0 Å². The van der Waals surface area contributed by atoms with E-state index in [0.717, 1.165) is 5.76 Å². The molecule has 1 unspecified atom stereocenters. The zero-order chi connectivity index (χ0) is 15.6. The minimum atomic E-state index is -0.793. The number of furan rings is 1. The van der Waals surface area contributed by atoms with Crippen molar-refractivity contribution in [1.82, 2.24) is 9.80 Å². The number of amides is 1. The van der Waals surface area contributed by atoms with Crippen LogP contribution >= 0.6 is 0 Å². The Morgan fingerprint density at radius 2 is 1.90 bits per heavy atom. The third kappa shape index (κ3) is 3.26. The molecule has 0 aliphatic carbocycles. The van der Waals surface area contributed by atoms with Gasteiger partial charge in [0.1, 0.15) is 17.6 Å². The van der Waals surface area contributed by atoms with Crippen molar-refractivity contribution in [2.24, 2.45) is 0 Å². The maximum atomic E-state index is 12.4. The van der Waals surface area contributed by atoms with Crippen LogP contribution in [0.25, 0.3) is 0 Å². The van der Waals surface area contributed by atoms with E-state index < -0.39 is 12.0 Å². The third-order valence-corrected chi connectivity index (χ3v) is 3.99. The fourth-order valence-electron chi connectivity index (χ4n) is 2.84. The smallest absolute Gasteiger partial charge is 0.320 e. The van der Waals surface area contributed by atoms with Gasteiger partial charge in [-0.15, -0.1) is 0 Å². The van der Waals surface area contributed by atoms with Crippen LogP contribution in [-0.2, 0) is 4.79 Å². The van der Waals surface area contributed by atoms with Gasteiger partial charge in [0.25, 0.3) is 5.91 Å². The topological polar surface area (TPSA) is 74.0 Å². The van der Waals surface area contributed by atoms with Gasteiger partial charge >= 0.3 is 5.97 Å². The molecule has 1 N–H and O–H groups in total. The molecule has 1 aromatic heterocycles. The molecule has 21 heavy (non-hydrogen) atoms. The lowest BCUT2D eigenvalue weighted by atomic mass is 10.1. The standard InChI is InChI=1S/C15H22N2O4/c1-4-13(15(19)20)16-5-7-17(8-6-16)14(18)12-9-10(2)21-11(12)3/h9,13H,4-8H2,1-3H3,(H,19,20). The Labute approximate surface area is 124 Å². The van der Waals surface area contributed by atoms with Crippen molar-refractivity contribution in [2.45, 2.75) is 33.2 Å². The minimum Gasteiger partial charge on any atom is -0.480 e. The summed E-state index contributed by atoms with van der Waals surface area (Å²) in [6.45, 7) is 7.75. The second-order valence-electron chi connectivity index (χ2n) is 5.42. The van der Waals surface area contributed by atoms with E-state index in [2.05, 4.69) is 0 Å². The lowest BCUT2D eigenvalue weighted by molar-refractivity contribution is -0.144. The SMILES string of the molecule is CCC(C(=O)O)N1CCN(C(=O)c2cc(C)oc2C)CC1. The maximum absolute atomic E-state index is 12.4. The van der Waals surface area contributed by atoms with Crippen LogP contribution in [0.1, 0.15) is 35.2 Å². The molecule has 6 nitrogen and oxygen atoms in total. The van der Waals surface area contributed by atoms with E-state index in [9.17, 15) is 14.7 Å². The summed E-state index contributed by atoms with van der Waals surface area (Å²) in [5.74, 6) is 0.536. The molecule has 1 fully saturated rings. The highest BCUT2D eigenvalue weighted by Gasteiger charge is 2.30. The van der Waals surface area contributed by atoms with Crippen LogP contribution in [0, 0.1) is 13.8 Å². The van der Waals surface area contributed by atoms with Crippen molar-refractivity contribution in [2.75, 3.05) is 26.2 Å². The number of carbonyl (C=O) groups excluding carboxylic acids is 1. The fourth-order valence-corrected chi connectivity index (χ4v) is 2.84. The number of nitrogens with zero attached hydrogens (tertiary/aromatic N) is 2. The van der Waals surface area contributed by atoms with Crippen molar-refractivity contribution in [1.29, 1.82) is 0 Å². The summed E-state index contributed by atoms with van der Waals surface area (Å²) in [7, 11) is 0. The summed E-state index contributed by atoms with van der Waals surface area (Å²) in [5.41, 5.74) is 0.603. The van der Waals surface area contributed by atoms with Crippen molar-refractivity contribution >= 4 is 11.9 Å². The number of carboxylic acids is 1. The largest absolute Gasteiger partial charge is 0.480 e. The van der Waals surface area contributed by atoms with Gasteiger partial charge in [-0.25, -0.2) is 0 Å². The summed E-state index contributed by atoms with van der Waals surface area (Å²) >= 11 is 0. The van der Waals surface area contributed by atoms with E-state index in [0.29, 0.717) is 43.9 Å². The number of hydrogen-bond acceptors (Lipinski definition) is 4. The molecule has 0 bridgehead atoms. The monoisotopic (exact) mass is 294 g/mol. The van der Waals surface area contributed by atoms with Gasteiger partial charge in [0.05, 0.1) is 5.56 Å². The minimum absolute atomic E-state index is 0.0348. The lowest BCUT2D eigenvalue weighted by Crippen LogP contribution is -2.53. The average molecular weight is 294 g/mol. The molecule has 2 rings (SSSR count). The van der Waals surface area contributed by atoms with Gasteiger partial charge in [-0.3, -0.25) is 14.5 Å². The van der Waals surface area contributed by atoms with Gasteiger partial charge in [-0.2, -0.15) is 0 Å². The number of piperazine rings is 1. The highest BCUT2D eigenvalue weighted by Crippen LogP contribution is 2.18. The molecule has 1 saturated heterocycles. The second kappa shape index (κ2) is 6.30. The number of carbonyl (C=O) groups is 2. The first-order valence-electron chi connectivity index (χ1n) is 7.27. The number of rotatable bonds is 4. The molecule has 1 atom stereocenters. The van der Waals surface area contributed by atoms with E-state index in [1.54, 1.807) is 17.9 Å². The van der Waals surface area contributed by atoms with Crippen molar-refractivity contribution in [3.63, 3.8) is 0 Å². The molecular formula is C15H22N2O4. The molecule has 1 amide bonds. The Balaban J connectivity index is 1.99. The summed E-state index contributed by atoms with van der Waals surface area (Å²) < 4.78 is 5.40.